The van der Waals surface area contributed by atoms with Crippen molar-refractivity contribution in [1.82, 2.24) is 4.98 Å². The van der Waals surface area contributed by atoms with Crippen molar-refractivity contribution in [2.75, 3.05) is 11.1 Å². The molecule has 0 radical (unpaired) electrons. The average molecular weight is 280 g/mol. The lowest BCUT2D eigenvalue weighted by Crippen LogP contribution is -2.07. The number of carbonyl (C=O) groups is 1. The van der Waals surface area contributed by atoms with Crippen LogP contribution in [-0.2, 0) is 4.79 Å². The third-order valence-corrected chi connectivity index (χ3v) is 2.72. The number of nitrogens with zero attached hydrogens (tertiary/aromatic N) is 1. The van der Waals surface area contributed by atoms with Gasteiger partial charge in [-0.25, -0.2) is 4.98 Å². The topological polar surface area (TPSA) is 68.0 Å². The first-order chi connectivity index (χ1) is 7.56. The fourth-order valence-corrected chi connectivity index (χ4v) is 2.03. The molecule has 0 spiro atoms. The first-order valence-electron chi connectivity index (χ1n) is 4.69. The van der Waals surface area contributed by atoms with Crippen molar-refractivity contribution >= 4 is 44.1 Å². The Morgan fingerprint density at radius 3 is 2.88 bits per heavy atom. The number of hydrogen-bond donors (Lipinski definition) is 2. The Balaban J connectivity index is 2.60. The van der Waals surface area contributed by atoms with E-state index >= 15 is 0 Å². The van der Waals surface area contributed by atoms with Crippen LogP contribution in [-0.4, -0.2) is 10.9 Å². The molecule has 0 aliphatic heterocycles. The van der Waals surface area contributed by atoms with Crippen molar-refractivity contribution < 1.29 is 4.79 Å². The lowest BCUT2D eigenvalue weighted by Gasteiger charge is -2.06. The van der Waals surface area contributed by atoms with Gasteiger partial charge in [0.05, 0.1) is 0 Å². The molecule has 4 nitrogen and oxygen atoms in total. The van der Waals surface area contributed by atoms with Crippen LogP contribution < -0.4 is 11.1 Å². The van der Waals surface area contributed by atoms with Gasteiger partial charge >= 0.3 is 0 Å². The number of carbonyl (C=O) groups excluding carboxylic acids is 1. The second-order valence-corrected chi connectivity index (χ2v) is 4.21. The molecule has 0 fully saturated rings. The number of nitrogens with one attached hydrogen (secondary N) is 1. The van der Waals surface area contributed by atoms with Gasteiger partial charge in [0.1, 0.15) is 10.4 Å². The van der Waals surface area contributed by atoms with Crippen molar-refractivity contribution in [2.24, 2.45) is 0 Å². The highest BCUT2D eigenvalue weighted by molar-refractivity contribution is 9.10. The third kappa shape index (κ3) is 2.14. The maximum Gasteiger partial charge on any atom is 0.222 e. The summed E-state index contributed by atoms with van der Waals surface area (Å²) in [7, 11) is 0. The van der Waals surface area contributed by atoms with Crippen molar-refractivity contribution in [3.63, 3.8) is 0 Å². The Hall–Kier alpha value is -1.62. The van der Waals surface area contributed by atoms with Gasteiger partial charge in [0.2, 0.25) is 5.91 Å². The van der Waals surface area contributed by atoms with Gasteiger partial charge in [0.25, 0.3) is 0 Å². The molecule has 2 aromatic rings. The number of nitrogens with two attached hydrogens (primary N) is 1. The van der Waals surface area contributed by atoms with E-state index < -0.39 is 0 Å². The molecule has 1 aromatic carbocycles. The molecule has 1 amide bonds. The molecule has 0 bridgehead atoms. The molecule has 3 N–H and O–H groups in total. The third-order valence-electron chi connectivity index (χ3n) is 2.11. The molecule has 1 aromatic heterocycles. The zero-order valence-electron chi connectivity index (χ0n) is 8.62. The van der Waals surface area contributed by atoms with Crippen LogP contribution in [0.4, 0.5) is 11.5 Å². The van der Waals surface area contributed by atoms with E-state index in [2.05, 4.69) is 26.2 Å². The molecule has 16 heavy (non-hydrogen) atoms. The molecular formula is C11H10BrN3O. The van der Waals surface area contributed by atoms with E-state index in [4.69, 9.17) is 5.73 Å². The largest absolute Gasteiger partial charge is 0.399 e. The van der Waals surface area contributed by atoms with Crippen molar-refractivity contribution in [2.45, 2.75) is 6.92 Å². The van der Waals surface area contributed by atoms with Gasteiger partial charge in [0, 0.05) is 18.0 Å². The summed E-state index contributed by atoms with van der Waals surface area (Å²) in [6, 6.07) is 7.33. The van der Waals surface area contributed by atoms with E-state index in [9.17, 15) is 4.79 Å². The Kier molecular flexibility index (Phi) is 2.78. The molecule has 1 heterocycles. The van der Waals surface area contributed by atoms with E-state index in [1.54, 1.807) is 6.07 Å². The minimum absolute atomic E-state index is 0.150. The molecule has 0 saturated carbocycles. The van der Waals surface area contributed by atoms with Gasteiger partial charge < -0.3 is 11.1 Å². The van der Waals surface area contributed by atoms with Crippen LogP contribution in [0, 0.1) is 0 Å². The van der Waals surface area contributed by atoms with Gasteiger partial charge in [-0.15, -0.1) is 0 Å². The van der Waals surface area contributed by atoms with Crippen LogP contribution in [0.15, 0.2) is 28.9 Å². The van der Waals surface area contributed by atoms with E-state index in [0.717, 1.165) is 10.8 Å². The molecule has 2 rings (SSSR count). The first kappa shape index (κ1) is 10.9. The van der Waals surface area contributed by atoms with E-state index in [-0.39, 0.29) is 5.91 Å². The lowest BCUT2D eigenvalue weighted by atomic mass is 10.1. The van der Waals surface area contributed by atoms with Gasteiger partial charge in [0.15, 0.2) is 0 Å². The molecule has 0 aliphatic rings. The van der Waals surface area contributed by atoms with E-state index in [1.165, 1.54) is 6.92 Å². The Bertz CT molecular complexity index is 568. The van der Waals surface area contributed by atoms with Crippen molar-refractivity contribution in [1.29, 1.82) is 0 Å². The zero-order chi connectivity index (χ0) is 11.7. The van der Waals surface area contributed by atoms with Gasteiger partial charge in [-0.1, -0.05) is 0 Å². The number of anilines is 2. The van der Waals surface area contributed by atoms with Crippen LogP contribution in [0.1, 0.15) is 6.92 Å². The number of hydrogen-bond acceptors (Lipinski definition) is 3. The number of nitrogen functional groups attached to an aromatic ring is 1. The highest BCUT2D eigenvalue weighted by atomic mass is 79.9. The normalized spacial score (nSPS) is 10.4. The zero-order valence-corrected chi connectivity index (χ0v) is 10.2. The molecule has 0 aliphatic carbocycles. The van der Waals surface area contributed by atoms with Gasteiger partial charge in [-0.3, -0.25) is 4.79 Å². The minimum Gasteiger partial charge on any atom is -0.399 e. The maximum atomic E-state index is 10.9. The fraction of sp³-hybridized carbons (Fsp3) is 0.0909. The Morgan fingerprint density at radius 1 is 1.44 bits per heavy atom. The minimum atomic E-state index is -0.150. The highest BCUT2D eigenvalue weighted by Crippen LogP contribution is 2.26. The number of amides is 1. The van der Waals surface area contributed by atoms with Crippen LogP contribution in [0.5, 0.6) is 0 Å². The van der Waals surface area contributed by atoms with Crippen LogP contribution >= 0.6 is 15.9 Å². The lowest BCUT2D eigenvalue weighted by molar-refractivity contribution is -0.114. The molecule has 5 heteroatoms. The Labute approximate surface area is 101 Å². The van der Waals surface area contributed by atoms with Crippen molar-refractivity contribution in [3.8, 4) is 0 Å². The predicted molar refractivity (Wildman–Crippen MR) is 68.2 cm³/mol. The van der Waals surface area contributed by atoms with Gasteiger partial charge in [-0.2, -0.15) is 0 Å². The monoisotopic (exact) mass is 279 g/mol. The summed E-state index contributed by atoms with van der Waals surface area (Å²) in [6.07, 6.45) is 0. The number of aromatic nitrogens is 1. The summed E-state index contributed by atoms with van der Waals surface area (Å²) in [6.45, 7) is 1.44. The van der Waals surface area contributed by atoms with Crippen LogP contribution in [0.2, 0.25) is 0 Å². The number of rotatable bonds is 1. The van der Waals surface area contributed by atoms with Crippen LogP contribution in [0.3, 0.4) is 0 Å². The summed E-state index contributed by atoms with van der Waals surface area (Å²) in [5.74, 6) is 0.361. The number of halogens is 1. The van der Waals surface area contributed by atoms with Gasteiger partial charge in [-0.05, 0) is 45.6 Å². The fourth-order valence-electron chi connectivity index (χ4n) is 1.48. The second kappa shape index (κ2) is 4.09. The molecule has 0 atom stereocenters. The Morgan fingerprint density at radius 2 is 2.19 bits per heavy atom. The number of pyridine rings is 1. The van der Waals surface area contributed by atoms with Crippen LogP contribution in [0.25, 0.3) is 10.8 Å². The number of fused-ring (bicyclic) bond motifs is 1. The van der Waals surface area contributed by atoms with E-state index in [1.807, 2.05) is 18.2 Å². The standard InChI is InChI=1S/C11H10BrN3O/c1-6(16)14-10-5-7-4-8(13)2-3-9(7)11(12)15-10/h2-5H,13H2,1H3,(H,14,15,16). The summed E-state index contributed by atoms with van der Waals surface area (Å²) in [5, 5.41) is 4.53. The molecule has 82 valence electrons. The summed E-state index contributed by atoms with van der Waals surface area (Å²) in [5.41, 5.74) is 6.38. The summed E-state index contributed by atoms with van der Waals surface area (Å²) >= 11 is 3.36. The maximum absolute atomic E-state index is 10.9. The average Bonchev–Trinajstić information content (AvgIpc) is 2.15. The molecule has 0 unspecified atom stereocenters. The number of benzene rings is 1. The summed E-state index contributed by atoms with van der Waals surface area (Å²) < 4.78 is 0.689. The first-order valence-corrected chi connectivity index (χ1v) is 5.49. The molecule has 0 saturated heterocycles. The summed E-state index contributed by atoms with van der Waals surface area (Å²) in [4.78, 5) is 15.2. The van der Waals surface area contributed by atoms with E-state index in [0.29, 0.717) is 16.1 Å². The SMILES string of the molecule is CC(=O)Nc1cc2cc(N)ccc2c(Br)n1. The predicted octanol–water partition coefficient (Wildman–Crippen LogP) is 2.54. The smallest absolute Gasteiger partial charge is 0.222 e. The molecular weight excluding hydrogens is 270 g/mol. The quantitative estimate of drug-likeness (QED) is 0.623. The second-order valence-electron chi connectivity index (χ2n) is 3.46. The van der Waals surface area contributed by atoms with Crippen molar-refractivity contribution in [3.05, 3.63) is 28.9 Å². The highest BCUT2D eigenvalue weighted by Gasteiger charge is 2.05.